The van der Waals surface area contributed by atoms with Crippen molar-refractivity contribution < 1.29 is 45.7 Å². The van der Waals surface area contributed by atoms with Gasteiger partial charge in [-0.15, -0.1) is 0 Å². The molecular formula is C29H34ClF6N3O4. The fraction of sp³-hybridized carbons (Fsp3) is 0.552. The van der Waals surface area contributed by atoms with E-state index in [1.54, 1.807) is 20.3 Å². The molecule has 2 aromatic carbocycles. The Bertz CT molecular complexity index is 1250. The van der Waals surface area contributed by atoms with E-state index in [1.807, 2.05) is 0 Å². The number of phenolic OH excluding ortho intramolecular Hbond substituents is 1. The molecule has 238 valence electrons. The van der Waals surface area contributed by atoms with Gasteiger partial charge >= 0.3 is 12.4 Å². The first-order valence-electron chi connectivity index (χ1n) is 13.8. The number of rotatable bonds is 9. The number of methoxy groups -OCH3 is 2. The molecule has 1 N–H and O–H groups in total. The van der Waals surface area contributed by atoms with Crippen molar-refractivity contribution in [3.8, 4) is 5.75 Å². The minimum atomic E-state index is -5.08. The normalized spacial score (nSPS) is 22.3. The van der Waals surface area contributed by atoms with Gasteiger partial charge < -0.3 is 19.5 Å². The zero-order valence-corrected chi connectivity index (χ0v) is 24.5. The summed E-state index contributed by atoms with van der Waals surface area (Å²) in [4.78, 5) is 19.3. The summed E-state index contributed by atoms with van der Waals surface area (Å²) in [6.45, 7) is 3.34. The second-order valence-corrected chi connectivity index (χ2v) is 11.3. The summed E-state index contributed by atoms with van der Waals surface area (Å²) in [5, 5.41) is 10.2. The number of hydrogen-bond acceptors (Lipinski definition) is 6. The minimum absolute atomic E-state index is 0.00598. The van der Waals surface area contributed by atoms with Gasteiger partial charge in [0.1, 0.15) is 5.75 Å². The van der Waals surface area contributed by atoms with Crippen molar-refractivity contribution in [2.24, 2.45) is 0 Å². The molecule has 0 spiro atoms. The van der Waals surface area contributed by atoms with E-state index in [9.17, 15) is 36.2 Å². The molecule has 7 nitrogen and oxygen atoms in total. The van der Waals surface area contributed by atoms with Gasteiger partial charge in [-0.1, -0.05) is 17.7 Å². The molecule has 0 radical (unpaired) electrons. The predicted molar refractivity (Wildman–Crippen MR) is 147 cm³/mol. The molecular weight excluding hydrogens is 604 g/mol. The summed E-state index contributed by atoms with van der Waals surface area (Å²) >= 11 is 5.94. The summed E-state index contributed by atoms with van der Waals surface area (Å²) in [5.74, 6) is -1.11. The van der Waals surface area contributed by atoms with Crippen molar-refractivity contribution in [1.29, 1.82) is 0 Å². The van der Waals surface area contributed by atoms with Gasteiger partial charge in [0.25, 0.3) is 5.91 Å². The summed E-state index contributed by atoms with van der Waals surface area (Å²) in [6.07, 6.45) is -9.05. The average Bonchev–Trinajstić information content (AvgIpc) is 3.34. The number of carbonyl (C=O) groups excluding carboxylic acids is 1. The molecule has 1 amide bonds. The van der Waals surface area contributed by atoms with E-state index in [1.165, 1.54) is 17.0 Å². The summed E-state index contributed by atoms with van der Waals surface area (Å²) < 4.78 is 91.9. The maximum Gasteiger partial charge on any atom is 0.416 e. The molecule has 3 atom stereocenters. The van der Waals surface area contributed by atoms with Crippen LogP contribution in [0.1, 0.15) is 33.5 Å². The van der Waals surface area contributed by atoms with Crippen LogP contribution in [0.5, 0.6) is 5.75 Å². The number of aromatic hydroxyl groups is 1. The Morgan fingerprint density at radius 2 is 1.63 bits per heavy atom. The number of alkyl halides is 6. The van der Waals surface area contributed by atoms with E-state index < -0.39 is 41.0 Å². The fourth-order valence-corrected chi connectivity index (χ4v) is 5.90. The molecule has 0 saturated carbocycles. The van der Waals surface area contributed by atoms with E-state index in [0.29, 0.717) is 50.5 Å². The van der Waals surface area contributed by atoms with Crippen LogP contribution in [0.25, 0.3) is 0 Å². The topological polar surface area (TPSA) is 65.5 Å². The van der Waals surface area contributed by atoms with Crippen LogP contribution < -0.4 is 0 Å². The molecule has 2 fully saturated rings. The standard InChI is InChI=1S/C29H34ClF6N3O4/c1-42-17-23-14-24(43-2)16-38(23)7-5-37-6-8-39(22(15-37)9-18-3-4-25(30)26(40)10-18)27(41)19-11-20(28(31,32)33)13-21(12-19)29(34,35)36/h3-4,10-13,22-24,40H,5-9,14-17H2,1-2H3/t22-,23?,24?/m1/s1. The Morgan fingerprint density at radius 3 is 2.21 bits per heavy atom. The fourth-order valence-electron chi connectivity index (χ4n) is 5.78. The molecule has 2 aliphatic heterocycles. The highest BCUT2D eigenvalue weighted by molar-refractivity contribution is 6.32. The first-order valence-corrected chi connectivity index (χ1v) is 14.1. The SMILES string of the molecule is COCC1CC(OC)CN1CCN1CCN(C(=O)c2cc(C(F)(F)F)cc(C(F)(F)F)c2)[C@H](Cc2ccc(Cl)c(O)c2)C1. The zero-order chi connectivity index (χ0) is 31.5. The lowest BCUT2D eigenvalue weighted by atomic mass is 9.99. The summed E-state index contributed by atoms with van der Waals surface area (Å²) in [6, 6.07) is 5.07. The third kappa shape index (κ3) is 8.33. The molecule has 2 aliphatic rings. The molecule has 4 rings (SSSR count). The molecule has 2 heterocycles. The second-order valence-electron chi connectivity index (χ2n) is 10.9. The average molecular weight is 638 g/mol. The van der Waals surface area contributed by atoms with Crippen LogP contribution in [-0.4, -0.2) is 104 Å². The molecule has 0 aliphatic carbocycles. The Kier molecular flexibility index (Phi) is 10.5. The molecule has 43 heavy (non-hydrogen) atoms. The highest BCUT2D eigenvalue weighted by Gasteiger charge is 2.39. The Morgan fingerprint density at radius 1 is 0.953 bits per heavy atom. The Labute approximate surface area is 250 Å². The molecule has 2 saturated heterocycles. The van der Waals surface area contributed by atoms with Crippen molar-refractivity contribution in [3.05, 3.63) is 63.7 Å². The van der Waals surface area contributed by atoms with Crippen molar-refractivity contribution in [2.45, 2.75) is 43.4 Å². The van der Waals surface area contributed by atoms with Gasteiger partial charge in [0.05, 0.1) is 28.9 Å². The van der Waals surface area contributed by atoms with Crippen LogP contribution in [0.15, 0.2) is 36.4 Å². The van der Waals surface area contributed by atoms with Gasteiger partial charge in [-0.3, -0.25) is 14.6 Å². The van der Waals surface area contributed by atoms with E-state index in [4.69, 9.17) is 21.1 Å². The summed E-state index contributed by atoms with van der Waals surface area (Å²) in [7, 11) is 3.30. The van der Waals surface area contributed by atoms with E-state index >= 15 is 0 Å². The van der Waals surface area contributed by atoms with Crippen LogP contribution in [0.4, 0.5) is 26.3 Å². The highest BCUT2D eigenvalue weighted by Crippen LogP contribution is 2.37. The van der Waals surface area contributed by atoms with Gasteiger partial charge in [-0.25, -0.2) is 0 Å². The molecule has 0 aromatic heterocycles. The highest BCUT2D eigenvalue weighted by atomic mass is 35.5. The largest absolute Gasteiger partial charge is 0.506 e. The van der Waals surface area contributed by atoms with Gasteiger partial charge in [0, 0.05) is 71.1 Å². The summed E-state index contributed by atoms with van der Waals surface area (Å²) in [5.41, 5.74) is -3.18. The van der Waals surface area contributed by atoms with Gasteiger partial charge in [-0.05, 0) is 48.7 Å². The number of phenols is 1. The zero-order valence-electron chi connectivity index (χ0n) is 23.7. The number of halogens is 7. The van der Waals surface area contributed by atoms with Crippen molar-refractivity contribution >= 4 is 17.5 Å². The number of hydrogen-bond donors (Lipinski definition) is 1. The van der Waals surface area contributed by atoms with E-state index in [2.05, 4.69) is 9.80 Å². The van der Waals surface area contributed by atoms with Gasteiger partial charge in [0.15, 0.2) is 0 Å². The third-order valence-corrected chi connectivity index (χ3v) is 8.35. The minimum Gasteiger partial charge on any atom is -0.506 e. The van der Waals surface area contributed by atoms with Crippen LogP contribution in [0.3, 0.4) is 0 Å². The quantitative estimate of drug-likeness (QED) is 0.382. The maximum absolute atomic E-state index is 13.6. The Balaban J connectivity index is 1.58. The number of piperazine rings is 1. The van der Waals surface area contributed by atoms with Crippen LogP contribution in [0, 0.1) is 0 Å². The number of nitrogens with zero attached hydrogens (tertiary/aromatic N) is 3. The van der Waals surface area contributed by atoms with Gasteiger partial charge in [0.2, 0.25) is 0 Å². The lowest BCUT2D eigenvalue weighted by molar-refractivity contribution is -0.143. The van der Waals surface area contributed by atoms with Crippen molar-refractivity contribution in [1.82, 2.24) is 14.7 Å². The lowest BCUT2D eigenvalue weighted by Gasteiger charge is -2.42. The van der Waals surface area contributed by atoms with Crippen LogP contribution >= 0.6 is 11.6 Å². The lowest BCUT2D eigenvalue weighted by Crippen LogP contribution is -2.57. The van der Waals surface area contributed by atoms with Crippen LogP contribution in [-0.2, 0) is 28.2 Å². The molecule has 2 aromatic rings. The van der Waals surface area contributed by atoms with E-state index in [0.717, 1.165) is 13.0 Å². The van der Waals surface area contributed by atoms with Crippen LogP contribution in [0.2, 0.25) is 5.02 Å². The van der Waals surface area contributed by atoms with Crippen molar-refractivity contribution in [2.75, 3.05) is 60.1 Å². The predicted octanol–water partition coefficient (Wildman–Crippen LogP) is 5.19. The number of ether oxygens (including phenoxy) is 2. The smallest absolute Gasteiger partial charge is 0.416 e. The number of benzene rings is 2. The second kappa shape index (κ2) is 13.6. The molecule has 0 bridgehead atoms. The number of amides is 1. The van der Waals surface area contributed by atoms with Gasteiger partial charge in [-0.2, -0.15) is 26.3 Å². The van der Waals surface area contributed by atoms with E-state index in [-0.39, 0.29) is 41.9 Å². The molecule has 2 unspecified atom stereocenters. The Hall–Kier alpha value is -2.58. The monoisotopic (exact) mass is 637 g/mol. The number of carbonyl (C=O) groups is 1. The van der Waals surface area contributed by atoms with Crippen molar-refractivity contribution in [3.63, 3.8) is 0 Å². The first-order chi connectivity index (χ1) is 20.2. The maximum atomic E-state index is 13.6. The number of likely N-dealkylation sites (tertiary alicyclic amines) is 1. The third-order valence-electron chi connectivity index (χ3n) is 8.03. The molecule has 14 heteroatoms. The first kappa shape index (κ1) is 33.3.